The summed E-state index contributed by atoms with van der Waals surface area (Å²) in [6.45, 7) is 0.335. The van der Waals surface area contributed by atoms with Gasteiger partial charge in [-0.1, -0.05) is 105 Å². The van der Waals surface area contributed by atoms with Crippen molar-refractivity contribution in [2.45, 2.75) is 89.9 Å². The molecule has 232 valence electrons. The largest absolute Gasteiger partial charge is 0.461 e. The molecule has 0 saturated heterocycles. The van der Waals surface area contributed by atoms with Crippen molar-refractivity contribution in [1.82, 2.24) is 10.8 Å². The van der Waals surface area contributed by atoms with E-state index in [1.165, 1.54) is 5.56 Å². The summed E-state index contributed by atoms with van der Waals surface area (Å²) < 4.78 is 5.33. The molecule has 0 heterocycles. The van der Waals surface area contributed by atoms with Gasteiger partial charge in [0.25, 0.3) is 5.91 Å². The van der Waals surface area contributed by atoms with E-state index < -0.39 is 17.9 Å². The lowest BCUT2D eigenvalue weighted by molar-refractivity contribution is -0.146. The zero-order chi connectivity index (χ0) is 31.2. The van der Waals surface area contributed by atoms with Crippen LogP contribution >= 0.6 is 0 Å². The van der Waals surface area contributed by atoms with Crippen molar-refractivity contribution >= 4 is 17.8 Å². The van der Waals surface area contributed by atoms with E-state index in [9.17, 15) is 14.4 Å². The number of carbonyl (C=O) groups is 3. The Bertz CT molecular complexity index is 1310. The Hall–Kier alpha value is -4.48. The number of unbranched alkanes of at least 4 members (excludes halogenated alkanes) is 6. The molecule has 0 radical (unpaired) electrons. The molecule has 8 heteroatoms. The molecule has 2 N–H and O–H groups in total. The number of hydroxylamine groups is 1. The Labute approximate surface area is 260 Å². The van der Waals surface area contributed by atoms with Gasteiger partial charge in [0.1, 0.15) is 12.6 Å². The van der Waals surface area contributed by atoms with Crippen molar-refractivity contribution in [3.05, 3.63) is 107 Å². The van der Waals surface area contributed by atoms with Gasteiger partial charge in [-0.05, 0) is 54.5 Å². The number of nitrogens with one attached hydrogen (secondary N) is 2. The summed E-state index contributed by atoms with van der Waals surface area (Å²) in [5.41, 5.74) is 6.13. The van der Waals surface area contributed by atoms with Crippen LogP contribution in [-0.2, 0) is 43.6 Å². The number of amides is 2. The van der Waals surface area contributed by atoms with E-state index in [0.29, 0.717) is 12.0 Å². The molecule has 0 aliphatic rings. The number of carbonyl (C=O) groups excluding carboxylic acids is 3. The fourth-order valence-corrected chi connectivity index (χ4v) is 4.69. The zero-order valence-electron chi connectivity index (χ0n) is 25.3. The molecule has 1 atom stereocenters. The maximum absolute atomic E-state index is 12.9. The third kappa shape index (κ3) is 14.1. The number of hydrogen-bond acceptors (Lipinski definition) is 6. The third-order valence-electron chi connectivity index (χ3n) is 7.24. The molecule has 0 saturated carbocycles. The number of benzene rings is 3. The summed E-state index contributed by atoms with van der Waals surface area (Å²) in [5.74, 6) is -1.18. The van der Waals surface area contributed by atoms with E-state index in [1.54, 1.807) is 0 Å². The van der Waals surface area contributed by atoms with Crippen LogP contribution in [0.4, 0.5) is 0 Å². The molecule has 2 amide bonds. The first-order chi connectivity index (χ1) is 21.5. The van der Waals surface area contributed by atoms with Gasteiger partial charge in [0.2, 0.25) is 5.91 Å². The van der Waals surface area contributed by atoms with Crippen LogP contribution in [0.1, 0.15) is 86.5 Å². The van der Waals surface area contributed by atoms with Crippen molar-refractivity contribution in [3.8, 4) is 6.07 Å². The van der Waals surface area contributed by atoms with E-state index in [0.717, 1.165) is 62.5 Å². The smallest absolute Gasteiger partial charge is 0.306 e. The van der Waals surface area contributed by atoms with Gasteiger partial charge in [0.05, 0.1) is 18.2 Å². The first-order valence-electron chi connectivity index (χ1n) is 15.5. The van der Waals surface area contributed by atoms with E-state index in [1.807, 2.05) is 84.9 Å². The van der Waals surface area contributed by atoms with Crippen LogP contribution in [0.3, 0.4) is 0 Å². The second-order valence-corrected chi connectivity index (χ2v) is 10.8. The molecule has 0 spiro atoms. The van der Waals surface area contributed by atoms with E-state index in [4.69, 9.17) is 14.8 Å². The second kappa shape index (κ2) is 20.4. The molecule has 3 aromatic rings. The topological polar surface area (TPSA) is 118 Å². The second-order valence-electron chi connectivity index (χ2n) is 10.8. The number of aryl methyl sites for hydroxylation is 1. The maximum atomic E-state index is 12.9. The number of esters is 1. The predicted octanol–water partition coefficient (Wildman–Crippen LogP) is 6.48. The highest BCUT2D eigenvalue weighted by Crippen LogP contribution is 2.13. The average Bonchev–Trinajstić information content (AvgIpc) is 3.06. The first kappa shape index (κ1) is 34.0. The number of hydrogen-bond donors (Lipinski definition) is 2. The molecule has 44 heavy (non-hydrogen) atoms. The standard InChI is InChI=1S/C36H43N3O5/c37-26-30-22-20-29(21-23-30)14-8-4-2-1-3-5-13-19-34(40)38-33(36(42)39-44-28-32-17-11-7-12-18-32)24-25-35(41)43-27-31-15-9-6-10-16-31/h6-7,9-12,15-18,20-23,33H,1-5,8,13-14,19,24-25,27-28H2,(H,38,40)(H,39,42)/t33-/m1/s1. The van der Waals surface area contributed by atoms with E-state index in [2.05, 4.69) is 16.9 Å². The predicted molar refractivity (Wildman–Crippen MR) is 169 cm³/mol. The quantitative estimate of drug-likeness (QED) is 0.0875. The molecule has 0 aliphatic carbocycles. The molecule has 3 rings (SSSR count). The molecule has 3 aromatic carbocycles. The van der Waals surface area contributed by atoms with Crippen LogP contribution in [-0.4, -0.2) is 23.8 Å². The molecule has 8 nitrogen and oxygen atoms in total. The fourth-order valence-electron chi connectivity index (χ4n) is 4.69. The van der Waals surface area contributed by atoms with Gasteiger partial charge < -0.3 is 10.1 Å². The maximum Gasteiger partial charge on any atom is 0.306 e. The number of nitriles is 1. The Morgan fingerprint density at radius 2 is 1.27 bits per heavy atom. The lowest BCUT2D eigenvalue weighted by atomic mass is 10.0. The van der Waals surface area contributed by atoms with Gasteiger partial charge in [-0.25, -0.2) is 5.48 Å². The summed E-state index contributed by atoms with van der Waals surface area (Å²) >= 11 is 0. The number of ether oxygens (including phenoxy) is 1. The summed E-state index contributed by atoms with van der Waals surface area (Å²) in [4.78, 5) is 43.3. The molecular weight excluding hydrogens is 554 g/mol. The summed E-state index contributed by atoms with van der Waals surface area (Å²) in [7, 11) is 0. The van der Waals surface area contributed by atoms with E-state index in [-0.39, 0.29) is 32.0 Å². The lowest BCUT2D eigenvalue weighted by Gasteiger charge is -2.18. The lowest BCUT2D eigenvalue weighted by Crippen LogP contribution is -2.46. The third-order valence-corrected chi connectivity index (χ3v) is 7.24. The molecular formula is C36H43N3O5. The number of rotatable bonds is 20. The molecule has 0 bridgehead atoms. The SMILES string of the molecule is N#Cc1ccc(CCCCCCCCCC(=O)N[C@H](CCC(=O)OCc2ccccc2)C(=O)NOCc2ccccc2)cc1. The Kier molecular flexibility index (Phi) is 15.8. The summed E-state index contributed by atoms with van der Waals surface area (Å²) in [6.07, 6.45) is 8.66. The highest BCUT2D eigenvalue weighted by molar-refractivity contribution is 5.87. The number of nitrogens with zero attached hydrogens (tertiary/aromatic N) is 1. The van der Waals surface area contributed by atoms with Crippen LogP contribution in [0.5, 0.6) is 0 Å². The fraction of sp³-hybridized carbons (Fsp3) is 0.389. The minimum atomic E-state index is -0.918. The summed E-state index contributed by atoms with van der Waals surface area (Å²) in [5, 5.41) is 11.7. The van der Waals surface area contributed by atoms with Crippen molar-refractivity contribution in [2.75, 3.05) is 0 Å². The van der Waals surface area contributed by atoms with Gasteiger partial charge in [-0.15, -0.1) is 0 Å². The first-order valence-corrected chi connectivity index (χ1v) is 15.5. The van der Waals surface area contributed by atoms with Gasteiger partial charge in [-0.3, -0.25) is 19.2 Å². The van der Waals surface area contributed by atoms with Gasteiger partial charge in [-0.2, -0.15) is 5.26 Å². The minimum Gasteiger partial charge on any atom is -0.461 e. The molecule has 0 aromatic heterocycles. The van der Waals surface area contributed by atoms with Crippen molar-refractivity contribution < 1.29 is 24.0 Å². The monoisotopic (exact) mass is 597 g/mol. The van der Waals surface area contributed by atoms with Crippen LogP contribution in [0.15, 0.2) is 84.9 Å². The Balaban J connectivity index is 1.33. The molecule has 0 aliphatic heterocycles. The summed E-state index contributed by atoms with van der Waals surface area (Å²) in [6, 6.07) is 27.8. The van der Waals surface area contributed by atoms with Crippen LogP contribution in [0, 0.1) is 11.3 Å². The Morgan fingerprint density at radius 1 is 0.682 bits per heavy atom. The van der Waals surface area contributed by atoms with Gasteiger partial charge in [0.15, 0.2) is 0 Å². The van der Waals surface area contributed by atoms with Crippen LogP contribution in [0.25, 0.3) is 0 Å². The minimum absolute atomic E-state index is 0.0188. The highest BCUT2D eigenvalue weighted by atomic mass is 16.6. The van der Waals surface area contributed by atoms with Crippen molar-refractivity contribution in [1.29, 1.82) is 5.26 Å². The van der Waals surface area contributed by atoms with Crippen LogP contribution < -0.4 is 10.8 Å². The Morgan fingerprint density at radius 3 is 1.91 bits per heavy atom. The molecule has 0 unspecified atom stereocenters. The normalized spacial score (nSPS) is 11.2. The van der Waals surface area contributed by atoms with Crippen LogP contribution in [0.2, 0.25) is 0 Å². The zero-order valence-corrected chi connectivity index (χ0v) is 25.3. The van der Waals surface area contributed by atoms with E-state index >= 15 is 0 Å². The van der Waals surface area contributed by atoms with Crippen molar-refractivity contribution in [3.63, 3.8) is 0 Å². The highest BCUT2D eigenvalue weighted by Gasteiger charge is 2.22. The van der Waals surface area contributed by atoms with Crippen molar-refractivity contribution in [2.24, 2.45) is 0 Å². The van der Waals surface area contributed by atoms with Gasteiger partial charge in [0, 0.05) is 12.8 Å². The van der Waals surface area contributed by atoms with Gasteiger partial charge >= 0.3 is 5.97 Å². The molecule has 0 fully saturated rings. The average molecular weight is 598 g/mol.